The average Bonchev–Trinajstić information content (AvgIpc) is 3.04. The van der Waals surface area contributed by atoms with E-state index in [1.54, 1.807) is 6.20 Å². The molecule has 1 aromatic carbocycles. The van der Waals surface area contributed by atoms with E-state index in [1.807, 2.05) is 41.1 Å². The first-order valence-electron chi connectivity index (χ1n) is 6.48. The zero-order chi connectivity index (χ0) is 13.2. The summed E-state index contributed by atoms with van der Waals surface area (Å²) in [6.07, 6.45) is 1.90. The number of hydrogen-bond acceptors (Lipinski definition) is 3. The summed E-state index contributed by atoms with van der Waals surface area (Å²) in [5, 5.41) is 15.7. The van der Waals surface area contributed by atoms with Crippen molar-refractivity contribution in [3.8, 4) is 0 Å². The molecule has 0 saturated carbocycles. The van der Waals surface area contributed by atoms with Crippen molar-refractivity contribution < 1.29 is 9.52 Å². The number of fused-ring (bicyclic) bond motifs is 1. The second-order valence-electron chi connectivity index (χ2n) is 4.57. The Hall–Kier alpha value is -2.07. The molecule has 2 heterocycles. The molecule has 0 fully saturated rings. The van der Waals surface area contributed by atoms with Crippen LogP contribution in [-0.4, -0.2) is 14.9 Å². The summed E-state index contributed by atoms with van der Waals surface area (Å²) in [5.74, 6) is 0.555. The Bertz CT molecular complexity index is 651. The van der Waals surface area contributed by atoms with Crippen LogP contribution in [0.5, 0.6) is 0 Å². The standard InChI is InChI=1S/C15H16N2O2/c1-2-9-17-12(7-8-16-17)15(18)14-10-11-5-3-4-6-13(11)19-14/h3-8,10,15,18H,2,9H2,1H3. The number of aromatic nitrogens is 2. The van der Waals surface area contributed by atoms with Gasteiger partial charge in [0.1, 0.15) is 11.3 Å². The molecule has 4 heteroatoms. The number of benzene rings is 1. The molecule has 1 atom stereocenters. The first-order valence-corrected chi connectivity index (χ1v) is 6.48. The van der Waals surface area contributed by atoms with E-state index in [1.165, 1.54) is 0 Å². The minimum Gasteiger partial charge on any atom is -0.458 e. The molecule has 1 N–H and O–H groups in total. The zero-order valence-corrected chi connectivity index (χ0v) is 10.8. The van der Waals surface area contributed by atoms with Crippen molar-refractivity contribution in [2.75, 3.05) is 0 Å². The maximum absolute atomic E-state index is 10.4. The van der Waals surface area contributed by atoms with Crippen LogP contribution in [-0.2, 0) is 6.54 Å². The van der Waals surface area contributed by atoms with Crippen LogP contribution in [0, 0.1) is 0 Å². The second-order valence-corrected chi connectivity index (χ2v) is 4.57. The summed E-state index contributed by atoms with van der Waals surface area (Å²) in [6, 6.07) is 11.4. The molecule has 3 rings (SSSR count). The van der Waals surface area contributed by atoms with E-state index in [4.69, 9.17) is 4.42 Å². The van der Waals surface area contributed by atoms with Crippen LogP contribution in [0.1, 0.15) is 30.9 Å². The Balaban J connectivity index is 1.98. The second kappa shape index (κ2) is 4.90. The smallest absolute Gasteiger partial charge is 0.153 e. The SMILES string of the molecule is CCCn1nccc1C(O)c1cc2ccccc2o1. The first kappa shape index (κ1) is 12.0. The van der Waals surface area contributed by atoms with Crippen molar-refractivity contribution in [1.82, 2.24) is 9.78 Å². The average molecular weight is 256 g/mol. The van der Waals surface area contributed by atoms with Gasteiger partial charge in [-0.1, -0.05) is 25.1 Å². The van der Waals surface area contributed by atoms with Crippen molar-refractivity contribution in [1.29, 1.82) is 0 Å². The fourth-order valence-electron chi connectivity index (χ4n) is 2.26. The first-order chi connectivity index (χ1) is 9.29. The number of rotatable bonds is 4. The molecule has 1 unspecified atom stereocenters. The predicted molar refractivity (Wildman–Crippen MR) is 72.8 cm³/mol. The lowest BCUT2D eigenvalue weighted by molar-refractivity contribution is 0.181. The molecule has 0 radical (unpaired) electrons. The van der Waals surface area contributed by atoms with Gasteiger partial charge in [0.2, 0.25) is 0 Å². The number of aliphatic hydroxyl groups excluding tert-OH is 1. The van der Waals surface area contributed by atoms with Crippen molar-refractivity contribution in [2.24, 2.45) is 0 Å². The highest BCUT2D eigenvalue weighted by Gasteiger charge is 2.19. The van der Waals surface area contributed by atoms with Crippen LogP contribution in [0.4, 0.5) is 0 Å². The van der Waals surface area contributed by atoms with Gasteiger partial charge in [-0.15, -0.1) is 0 Å². The number of aliphatic hydroxyl groups is 1. The van der Waals surface area contributed by atoms with Gasteiger partial charge < -0.3 is 9.52 Å². The number of nitrogens with zero attached hydrogens (tertiary/aromatic N) is 2. The topological polar surface area (TPSA) is 51.2 Å². The molecule has 0 aliphatic carbocycles. The number of furan rings is 1. The van der Waals surface area contributed by atoms with E-state index in [9.17, 15) is 5.11 Å². The highest BCUT2D eigenvalue weighted by molar-refractivity contribution is 5.77. The lowest BCUT2D eigenvalue weighted by Crippen LogP contribution is -2.09. The van der Waals surface area contributed by atoms with Crippen LogP contribution in [0.3, 0.4) is 0 Å². The normalized spacial score (nSPS) is 12.9. The molecule has 0 aliphatic heterocycles. The number of aryl methyl sites for hydroxylation is 1. The Morgan fingerprint density at radius 1 is 1.32 bits per heavy atom. The Morgan fingerprint density at radius 3 is 2.95 bits per heavy atom. The summed E-state index contributed by atoms with van der Waals surface area (Å²) >= 11 is 0. The van der Waals surface area contributed by atoms with Crippen molar-refractivity contribution in [3.63, 3.8) is 0 Å². The molecule has 0 amide bonds. The lowest BCUT2D eigenvalue weighted by atomic mass is 10.2. The van der Waals surface area contributed by atoms with E-state index >= 15 is 0 Å². The van der Waals surface area contributed by atoms with Crippen molar-refractivity contribution in [3.05, 3.63) is 54.0 Å². The predicted octanol–water partition coefficient (Wildman–Crippen LogP) is 3.12. The maximum Gasteiger partial charge on any atom is 0.153 e. The van der Waals surface area contributed by atoms with E-state index < -0.39 is 6.10 Å². The summed E-state index contributed by atoms with van der Waals surface area (Å²) in [6.45, 7) is 2.87. The largest absolute Gasteiger partial charge is 0.458 e. The highest BCUT2D eigenvalue weighted by Crippen LogP contribution is 2.27. The van der Waals surface area contributed by atoms with E-state index in [-0.39, 0.29) is 0 Å². The third-order valence-corrected chi connectivity index (χ3v) is 3.18. The van der Waals surface area contributed by atoms with Gasteiger partial charge in [-0.05, 0) is 24.6 Å². The molecule has 3 aromatic rings. The van der Waals surface area contributed by atoms with Gasteiger partial charge in [-0.25, -0.2) is 0 Å². The molecule has 0 aliphatic rings. The monoisotopic (exact) mass is 256 g/mol. The number of hydrogen-bond donors (Lipinski definition) is 1. The fraction of sp³-hybridized carbons (Fsp3) is 0.267. The van der Waals surface area contributed by atoms with Gasteiger partial charge >= 0.3 is 0 Å². The van der Waals surface area contributed by atoms with Crippen molar-refractivity contribution in [2.45, 2.75) is 26.0 Å². The highest BCUT2D eigenvalue weighted by atomic mass is 16.4. The van der Waals surface area contributed by atoms with Crippen LogP contribution >= 0.6 is 0 Å². The number of para-hydroxylation sites is 1. The Morgan fingerprint density at radius 2 is 2.16 bits per heavy atom. The van der Waals surface area contributed by atoms with Crippen LogP contribution in [0.25, 0.3) is 11.0 Å². The van der Waals surface area contributed by atoms with Crippen molar-refractivity contribution >= 4 is 11.0 Å². The third-order valence-electron chi connectivity index (χ3n) is 3.18. The molecule has 4 nitrogen and oxygen atoms in total. The van der Waals surface area contributed by atoms with E-state index in [2.05, 4.69) is 12.0 Å². The lowest BCUT2D eigenvalue weighted by Gasteiger charge is -2.10. The molecule has 0 spiro atoms. The van der Waals surface area contributed by atoms with Crippen LogP contribution in [0.2, 0.25) is 0 Å². The summed E-state index contributed by atoms with van der Waals surface area (Å²) in [7, 11) is 0. The van der Waals surface area contributed by atoms with Gasteiger partial charge in [0.15, 0.2) is 6.10 Å². The van der Waals surface area contributed by atoms with Gasteiger partial charge in [-0.2, -0.15) is 5.10 Å². The van der Waals surface area contributed by atoms with Crippen LogP contribution in [0.15, 0.2) is 47.0 Å². The van der Waals surface area contributed by atoms with Gasteiger partial charge in [-0.3, -0.25) is 4.68 Å². The summed E-state index contributed by atoms with van der Waals surface area (Å²) in [5.41, 5.74) is 1.55. The maximum atomic E-state index is 10.4. The van der Waals surface area contributed by atoms with E-state index in [0.717, 1.165) is 29.6 Å². The van der Waals surface area contributed by atoms with Crippen LogP contribution < -0.4 is 0 Å². The Labute approximate surface area is 111 Å². The molecule has 2 aromatic heterocycles. The molecular formula is C15H16N2O2. The fourth-order valence-corrected chi connectivity index (χ4v) is 2.26. The molecule has 0 saturated heterocycles. The van der Waals surface area contributed by atoms with Gasteiger partial charge in [0, 0.05) is 18.1 Å². The van der Waals surface area contributed by atoms with Gasteiger partial charge in [0.05, 0.1) is 5.69 Å². The molecule has 19 heavy (non-hydrogen) atoms. The third kappa shape index (κ3) is 2.15. The van der Waals surface area contributed by atoms with E-state index in [0.29, 0.717) is 5.76 Å². The minimum atomic E-state index is -0.776. The quantitative estimate of drug-likeness (QED) is 0.780. The molecule has 98 valence electrons. The Kier molecular flexibility index (Phi) is 3.09. The minimum absolute atomic E-state index is 0.555. The molecular weight excluding hydrogens is 240 g/mol. The molecule has 0 bridgehead atoms. The van der Waals surface area contributed by atoms with Gasteiger partial charge in [0.25, 0.3) is 0 Å². The summed E-state index contributed by atoms with van der Waals surface area (Å²) < 4.78 is 7.51. The summed E-state index contributed by atoms with van der Waals surface area (Å²) in [4.78, 5) is 0. The zero-order valence-electron chi connectivity index (χ0n) is 10.8.